The molecule has 1 unspecified atom stereocenters. The summed E-state index contributed by atoms with van der Waals surface area (Å²) < 4.78 is 35.9. The smallest absolute Gasteiger partial charge is 0.339 e. The van der Waals surface area contributed by atoms with Gasteiger partial charge in [0.2, 0.25) is 0 Å². The zero-order chi connectivity index (χ0) is 25.5. The molecule has 0 spiro atoms. The fourth-order valence-corrected chi connectivity index (χ4v) is 4.43. The fraction of sp³-hybridized carbons (Fsp3) is 0.321. The highest BCUT2D eigenvalue weighted by molar-refractivity contribution is 7.87. The molecular weight excluding hydrogens is 462 g/mol. The number of ether oxygens (including phenoxy) is 1. The molecule has 0 aromatic heterocycles. The van der Waals surface area contributed by atoms with E-state index >= 15 is 0 Å². The van der Waals surface area contributed by atoms with Gasteiger partial charge in [-0.3, -0.25) is 4.79 Å². The van der Waals surface area contributed by atoms with E-state index < -0.39 is 15.7 Å². The third kappa shape index (κ3) is 8.85. The van der Waals surface area contributed by atoms with Crippen LogP contribution in [0.15, 0.2) is 83.8 Å². The summed E-state index contributed by atoms with van der Waals surface area (Å²) in [5, 5.41) is 3.45. The van der Waals surface area contributed by atoms with Gasteiger partial charge in [-0.05, 0) is 69.5 Å². The Labute approximate surface area is 208 Å². The van der Waals surface area contributed by atoms with Crippen LogP contribution in [-0.2, 0) is 32.6 Å². The highest BCUT2D eigenvalue weighted by atomic mass is 32.2. The second-order valence-electron chi connectivity index (χ2n) is 9.55. The Morgan fingerprint density at radius 2 is 1.51 bits per heavy atom. The number of hydrogen-bond acceptors (Lipinski definition) is 6. The first-order valence-corrected chi connectivity index (χ1v) is 13.0. The molecule has 1 atom stereocenters. The summed E-state index contributed by atoms with van der Waals surface area (Å²) in [6, 6.07) is 23.2. The SMILES string of the molecule is Cc1ccc(S(=O)(=O)Oc2ccc(CC(CC(=O)OC(C)(C)C)NCc3ccccc3)cc2)cc1. The van der Waals surface area contributed by atoms with Gasteiger partial charge in [0.25, 0.3) is 0 Å². The molecule has 0 radical (unpaired) electrons. The molecule has 35 heavy (non-hydrogen) atoms. The fourth-order valence-electron chi connectivity index (χ4n) is 3.50. The Morgan fingerprint density at radius 1 is 0.886 bits per heavy atom. The number of nitrogens with one attached hydrogen (secondary N) is 1. The minimum Gasteiger partial charge on any atom is -0.460 e. The number of aryl methyl sites for hydroxylation is 1. The molecule has 0 heterocycles. The van der Waals surface area contributed by atoms with E-state index in [1.165, 1.54) is 12.1 Å². The summed E-state index contributed by atoms with van der Waals surface area (Å²) >= 11 is 0. The molecule has 7 heteroatoms. The summed E-state index contributed by atoms with van der Waals surface area (Å²) in [4.78, 5) is 12.6. The van der Waals surface area contributed by atoms with E-state index in [1.807, 2.05) is 70.2 Å². The van der Waals surface area contributed by atoms with Gasteiger partial charge in [-0.2, -0.15) is 8.42 Å². The first-order chi connectivity index (χ1) is 16.5. The number of carbonyl (C=O) groups excluding carboxylic acids is 1. The van der Waals surface area contributed by atoms with Crippen molar-refractivity contribution in [1.82, 2.24) is 5.32 Å². The first-order valence-electron chi connectivity index (χ1n) is 11.6. The van der Waals surface area contributed by atoms with Gasteiger partial charge in [-0.15, -0.1) is 0 Å². The van der Waals surface area contributed by atoms with E-state index in [0.29, 0.717) is 13.0 Å². The molecular formula is C28H33NO5S. The average molecular weight is 496 g/mol. The third-order valence-corrected chi connectivity index (χ3v) is 6.45. The van der Waals surface area contributed by atoms with E-state index in [1.54, 1.807) is 24.3 Å². The van der Waals surface area contributed by atoms with Gasteiger partial charge in [-0.1, -0.05) is 60.2 Å². The average Bonchev–Trinajstić information content (AvgIpc) is 2.78. The van der Waals surface area contributed by atoms with E-state index in [2.05, 4.69) is 5.32 Å². The van der Waals surface area contributed by atoms with E-state index in [0.717, 1.165) is 16.7 Å². The number of rotatable bonds is 10. The third-order valence-electron chi connectivity index (χ3n) is 5.19. The lowest BCUT2D eigenvalue weighted by Crippen LogP contribution is -2.35. The van der Waals surface area contributed by atoms with Crippen molar-refractivity contribution in [1.29, 1.82) is 0 Å². The molecule has 0 fully saturated rings. The van der Waals surface area contributed by atoms with Crippen molar-refractivity contribution in [3.05, 3.63) is 95.6 Å². The molecule has 0 saturated heterocycles. The van der Waals surface area contributed by atoms with Gasteiger partial charge < -0.3 is 14.2 Å². The van der Waals surface area contributed by atoms with Crippen molar-refractivity contribution in [3.63, 3.8) is 0 Å². The zero-order valence-electron chi connectivity index (χ0n) is 20.7. The summed E-state index contributed by atoms with van der Waals surface area (Å²) in [7, 11) is -3.91. The van der Waals surface area contributed by atoms with Gasteiger partial charge in [0.15, 0.2) is 0 Å². The van der Waals surface area contributed by atoms with Crippen LogP contribution in [-0.4, -0.2) is 26.0 Å². The first kappa shape index (κ1) is 26.4. The maximum atomic E-state index is 12.5. The predicted molar refractivity (Wildman–Crippen MR) is 137 cm³/mol. The van der Waals surface area contributed by atoms with Crippen molar-refractivity contribution in [2.45, 2.75) is 63.6 Å². The number of hydrogen-bond donors (Lipinski definition) is 1. The molecule has 0 amide bonds. The normalized spacial score (nSPS) is 12.7. The van der Waals surface area contributed by atoms with E-state index in [-0.39, 0.29) is 29.1 Å². The Balaban J connectivity index is 1.67. The van der Waals surface area contributed by atoms with Crippen LogP contribution in [0.2, 0.25) is 0 Å². The summed E-state index contributed by atoms with van der Waals surface area (Å²) in [6.07, 6.45) is 0.779. The van der Waals surface area contributed by atoms with Crippen molar-refractivity contribution in [3.8, 4) is 5.75 Å². The lowest BCUT2D eigenvalue weighted by molar-refractivity contribution is -0.155. The van der Waals surface area contributed by atoms with Crippen molar-refractivity contribution < 1.29 is 22.1 Å². The van der Waals surface area contributed by atoms with E-state index in [9.17, 15) is 13.2 Å². The van der Waals surface area contributed by atoms with Crippen molar-refractivity contribution in [2.24, 2.45) is 0 Å². The lowest BCUT2D eigenvalue weighted by Gasteiger charge is -2.23. The second-order valence-corrected chi connectivity index (χ2v) is 11.1. The minimum atomic E-state index is -3.91. The van der Waals surface area contributed by atoms with Gasteiger partial charge >= 0.3 is 16.1 Å². The van der Waals surface area contributed by atoms with Crippen molar-refractivity contribution in [2.75, 3.05) is 0 Å². The maximum absolute atomic E-state index is 12.5. The minimum absolute atomic E-state index is 0.106. The van der Waals surface area contributed by atoms with E-state index in [4.69, 9.17) is 8.92 Å². The Morgan fingerprint density at radius 3 is 2.11 bits per heavy atom. The number of carbonyl (C=O) groups is 1. The molecule has 0 bridgehead atoms. The molecule has 3 aromatic rings. The lowest BCUT2D eigenvalue weighted by atomic mass is 10.0. The topological polar surface area (TPSA) is 81.7 Å². The number of benzene rings is 3. The van der Waals surface area contributed by atoms with Crippen LogP contribution in [0.25, 0.3) is 0 Å². The van der Waals surface area contributed by atoms with Crippen LogP contribution in [0, 0.1) is 6.92 Å². The molecule has 186 valence electrons. The highest BCUT2D eigenvalue weighted by Gasteiger charge is 2.21. The van der Waals surface area contributed by atoms with Crippen LogP contribution in [0.3, 0.4) is 0 Å². The molecule has 1 N–H and O–H groups in total. The van der Waals surface area contributed by atoms with Crippen LogP contribution in [0.1, 0.15) is 43.9 Å². The van der Waals surface area contributed by atoms with Gasteiger partial charge in [0.1, 0.15) is 16.2 Å². The van der Waals surface area contributed by atoms with Gasteiger partial charge in [0, 0.05) is 12.6 Å². The maximum Gasteiger partial charge on any atom is 0.339 e. The quantitative estimate of drug-likeness (QED) is 0.308. The van der Waals surface area contributed by atoms with Crippen LogP contribution < -0.4 is 9.50 Å². The molecule has 3 rings (SSSR count). The molecule has 0 aliphatic carbocycles. The monoisotopic (exact) mass is 495 g/mol. The Hall–Kier alpha value is -3.16. The summed E-state index contributed by atoms with van der Waals surface area (Å²) in [5.74, 6) is -0.0394. The largest absolute Gasteiger partial charge is 0.460 e. The molecule has 3 aromatic carbocycles. The van der Waals surface area contributed by atoms with Crippen molar-refractivity contribution >= 4 is 16.1 Å². The Kier molecular flexibility index (Phi) is 8.70. The zero-order valence-corrected chi connectivity index (χ0v) is 21.5. The Bertz CT molecular complexity index is 1200. The molecule has 0 saturated carbocycles. The molecule has 0 aliphatic heterocycles. The van der Waals surface area contributed by atoms with Gasteiger partial charge in [-0.25, -0.2) is 0 Å². The summed E-state index contributed by atoms with van der Waals surface area (Å²) in [5.41, 5.74) is 2.48. The summed E-state index contributed by atoms with van der Waals surface area (Å²) in [6.45, 7) is 8.05. The second kappa shape index (κ2) is 11.5. The van der Waals surface area contributed by atoms with Crippen LogP contribution in [0.4, 0.5) is 0 Å². The molecule has 6 nitrogen and oxygen atoms in total. The van der Waals surface area contributed by atoms with Crippen LogP contribution in [0.5, 0.6) is 5.75 Å². The van der Waals surface area contributed by atoms with Crippen LogP contribution >= 0.6 is 0 Å². The highest BCUT2D eigenvalue weighted by Crippen LogP contribution is 2.21. The predicted octanol–water partition coefficient (Wildman–Crippen LogP) is 5.20. The number of esters is 1. The molecule has 0 aliphatic rings. The standard InChI is InChI=1S/C28H33NO5S/c1-21-10-16-26(17-11-21)35(31,32)34-25-14-12-22(13-15-25)18-24(19-27(30)33-28(2,3)4)29-20-23-8-6-5-7-9-23/h5-17,24,29H,18-20H2,1-4H3. The van der Waals surface area contributed by atoms with Gasteiger partial charge in [0.05, 0.1) is 6.42 Å².